The first-order valence-corrected chi connectivity index (χ1v) is 5.89. The summed E-state index contributed by atoms with van der Waals surface area (Å²) in [6.45, 7) is 3.77. The fraction of sp³-hybridized carbons (Fsp3) is 0.308. The molecule has 0 aliphatic heterocycles. The van der Waals surface area contributed by atoms with Crippen LogP contribution >= 0.6 is 0 Å². The number of hydrogen-bond donors (Lipinski definition) is 3. The average Bonchev–Trinajstić information content (AvgIpc) is 2.34. The van der Waals surface area contributed by atoms with Crippen LogP contribution in [0.3, 0.4) is 0 Å². The van der Waals surface area contributed by atoms with Crippen molar-refractivity contribution in [2.24, 2.45) is 0 Å². The Hall–Kier alpha value is -2.37. The van der Waals surface area contributed by atoms with Crippen molar-refractivity contribution < 1.29 is 14.4 Å². The monoisotopic (exact) mass is 263 g/mol. The molecule has 0 saturated heterocycles. The molecule has 3 N–H and O–H groups in total. The highest BCUT2D eigenvalue weighted by atomic mass is 16.2. The van der Waals surface area contributed by atoms with Gasteiger partial charge in [0.15, 0.2) is 0 Å². The number of carbonyl (C=O) groups is 3. The number of carbonyl (C=O) groups excluding carboxylic acids is 3. The fourth-order valence-electron chi connectivity index (χ4n) is 1.41. The van der Waals surface area contributed by atoms with E-state index < -0.39 is 11.8 Å². The van der Waals surface area contributed by atoms with Crippen molar-refractivity contribution in [3.8, 4) is 0 Å². The van der Waals surface area contributed by atoms with Gasteiger partial charge in [0.05, 0.1) is 0 Å². The second-order valence-corrected chi connectivity index (χ2v) is 4.06. The molecule has 0 bridgehead atoms. The first-order valence-electron chi connectivity index (χ1n) is 5.89. The van der Waals surface area contributed by atoms with E-state index in [1.54, 1.807) is 18.2 Å². The molecule has 0 fully saturated rings. The normalized spacial score (nSPS) is 9.58. The van der Waals surface area contributed by atoms with E-state index in [2.05, 4.69) is 16.0 Å². The van der Waals surface area contributed by atoms with Crippen molar-refractivity contribution in [1.29, 1.82) is 0 Å². The molecule has 1 rings (SSSR count). The summed E-state index contributed by atoms with van der Waals surface area (Å²) in [6.07, 6.45) is 0. The highest BCUT2D eigenvalue weighted by Gasteiger charge is 2.12. The van der Waals surface area contributed by atoms with Crippen molar-refractivity contribution in [3.63, 3.8) is 0 Å². The zero-order valence-electron chi connectivity index (χ0n) is 10.9. The molecule has 3 amide bonds. The Labute approximate surface area is 111 Å². The molecule has 102 valence electrons. The van der Waals surface area contributed by atoms with Crippen molar-refractivity contribution in [2.75, 3.05) is 18.4 Å². The smallest absolute Gasteiger partial charge is 0.313 e. The van der Waals surface area contributed by atoms with Crippen molar-refractivity contribution >= 4 is 23.4 Å². The third-order valence-electron chi connectivity index (χ3n) is 2.27. The first kappa shape index (κ1) is 14.7. The molecule has 1 aromatic rings. The van der Waals surface area contributed by atoms with Crippen LogP contribution in [0.2, 0.25) is 0 Å². The molecule has 0 saturated carbocycles. The predicted octanol–water partition coefficient (Wildman–Crippen LogP) is 0.186. The lowest BCUT2D eigenvalue weighted by Gasteiger charge is -2.07. The van der Waals surface area contributed by atoms with Crippen LogP contribution < -0.4 is 16.0 Å². The summed E-state index contributed by atoms with van der Waals surface area (Å²) in [6, 6.07) is 7.15. The molecule has 0 radical (unpaired) electrons. The second-order valence-electron chi connectivity index (χ2n) is 4.06. The van der Waals surface area contributed by atoms with Crippen molar-refractivity contribution in [2.45, 2.75) is 13.8 Å². The molecule has 0 aliphatic carbocycles. The molecule has 0 atom stereocenters. The van der Waals surface area contributed by atoms with Crippen LogP contribution in [0, 0.1) is 6.92 Å². The van der Waals surface area contributed by atoms with E-state index in [4.69, 9.17) is 0 Å². The Bertz CT molecular complexity index is 486. The summed E-state index contributed by atoms with van der Waals surface area (Å²) in [5.41, 5.74) is 1.56. The van der Waals surface area contributed by atoms with E-state index in [9.17, 15) is 14.4 Å². The van der Waals surface area contributed by atoms with E-state index in [1.165, 1.54) is 6.92 Å². The van der Waals surface area contributed by atoms with Gasteiger partial charge in [-0.2, -0.15) is 0 Å². The van der Waals surface area contributed by atoms with E-state index >= 15 is 0 Å². The Balaban J connectivity index is 2.36. The zero-order chi connectivity index (χ0) is 14.3. The number of hydrogen-bond acceptors (Lipinski definition) is 3. The van der Waals surface area contributed by atoms with Gasteiger partial charge >= 0.3 is 11.8 Å². The van der Waals surface area contributed by atoms with Gasteiger partial charge in [-0.25, -0.2) is 0 Å². The fourth-order valence-corrected chi connectivity index (χ4v) is 1.41. The number of nitrogens with one attached hydrogen (secondary N) is 3. The molecular weight excluding hydrogens is 246 g/mol. The van der Waals surface area contributed by atoms with Gasteiger partial charge < -0.3 is 16.0 Å². The zero-order valence-corrected chi connectivity index (χ0v) is 10.9. The van der Waals surface area contributed by atoms with Gasteiger partial charge in [0.2, 0.25) is 5.91 Å². The molecule has 0 aliphatic rings. The number of anilines is 1. The number of benzene rings is 1. The molecular formula is C13H17N3O3. The van der Waals surface area contributed by atoms with Gasteiger partial charge in [-0.3, -0.25) is 14.4 Å². The van der Waals surface area contributed by atoms with Gasteiger partial charge in [-0.15, -0.1) is 0 Å². The van der Waals surface area contributed by atoms with Crippen LogP contribution in [0.15, 0.2) is 24.3 Å². The van der Waals surface area contributed by atoms with Gasteiger partial charge in [-0.1, -0.05) is 12.1 Å². The summed E-state index contributed by atoms with van der Waals surface area (Å²) in [5.74, 6) is -1.64. The topological polar surface area (TPSA) is 87.3 Å². The molecule has 1 aromatic carbocycles. The highest BCUT2D eigenvalue weighted by Crippen LogP contribution is 2.08. The average molecular weight is 263 g/mol. The Morgan fingerprint density at radius 1 is 1.05 bits per heavy atom. The number of rotatable bonds is 4. The lowest BCUT2D eigenvalue weighted by atomic mass is 10.2. The predicted molar refractivity (Wildman–Crippen MR) is 71.5 cm³/mol. The maximum atomic E-state index is 11.5. The summed E-state index contributed by atoms with van der Waals surface area (Å²) in [4.78, 5) is 33.6. The first-order chi connectivity index (χ1) is 8.99. The Morgan fingerprint density at radius 3 is 2.37 bits per heavy atom. The minimum Gasteiger partial charge on any atom is -0.355 e. The van der Waals surface area contributed by atoms with E-state index in [-0.39, 0.29) is 12.5 Å². The Kier molecular flexibility index (Phi) is 5.53. The summed E-state index contributed by atoms with van der Waals surface area (Å²) >= 11 is 0. The van der Waals surface area contributed by atoms with Crippen molar-refractivity contribution in [3.05, 3.63) is 29.8 Å². The summed E-state index contributed by atoms with van der Waals surface area (Å²) < 4.78 is 0. The minimum absolute atomic E-state index is 0.182. The molecule has 0 unspecified atom stereocenters. The number of aryl methyl sites for hydroxylation is 1. The van der Waals surface area contributed by atoms with Gasteiger partial charge in [0.1, 0.15) is 0 Å². The van der Waals surface area contributed by atoms with Crippen LogP contribution in [0.1, 0.15) is 12.5 Å². The van der Waals surface area contributed by atoms with Crippen LogP contribution in [-0.2, 0) is 14.4 Å². The van der Waals surface area contributed by atoms with Crippen LogP contribution in [0.4, 0.5) is 5.69 Å². The van der Waals surface area contributed by atoms with Crippen LogP contribution in [0.25, 0.3) is 0 Å². The summed E-state index contributed by atoms with van der Waals surface area (Å²) in [7, 11) is 0. The molecule has 6 heteroatoms. The molecule has 6 nitrogen and oxygen atoms in total. The van der Waals surface area contributed by atoms with Gasteiger partial charge in [0, 0.05) is 25.7 Å². The molecule has 0 heterocycles. The lowest BCUT2D eigenvalue weighted by Crippen LogP contribution is -2.39. The lowest BCUT2D eigenvalue weighted by molar-refractivity contribution is -0.136. The van der Waals surface area contributed by atoms with Crippen LogP contribution in [0.5, 0.6) is 0 Å². The quantitative estimate of drug-likeness (QED) is 0.535. The minimum atomic E-state index is -0.730. The largest absolute Gasteiger partial charge is 0.355 e. The standard InChI is InChI=1S/C13H17N3O3/c1-9-4-3-5-11(8-9)16-13(19)12(18)15-7-6-14-10(2)17/h3-5,8H,6-7H2,1-2H3,(H,14,17)(H,15,18)(H,16,19). The maximum Gasteiger partial charge on any atom is 0.313 e. The summed E-state index contributed by atoms with van der Waals surface area (Å²) in [5, 5.41) is 7.41. The molecule has 0 aromatic heterocycles. The third kappa shape index (κ3) is 5.67. The molecule has 19 heavy (non-hydrogen) atoms. The SMILES string of the molecule is CC(=O)NCCNC(=O)C(=O)Nc1cccc(C)c1. The van der Waals surface area contributed by atoms with Gasteiger partial charge in [0.25, 0.3) is 0 Å². The Morgan fingerprint density at radius 2 is 1.74 bits per heavy atom. The second kappa shape index (κ2) is 7.15. The third-order valence-corrected chi connectivity index (χ3v) is 2.27. The highest BCUT2D eigenvalue weighted by molar-refractivity contribution is 6.39. The van der Waals surface area contributed by atoms with Gasteiger partial charge in [-0.05, 0) is 24.6 Å². The van der Waals surface area contributed by atoms with E-state index in [0.29, 0.717) is 12.2 Å². The van der Waals surface area contributed by atoms with E-state index in [0.717, 1.165) is 5.56 Å². The van der Waals surface area contributed by atoms with Crippen LogP contribution in [-0.4, -0.2) is 30.8 Å². The molecule has 0 spiro atoms. The number of amides is 3. The maximum absolute atomic E-state index is 11.5. The van der Waals surface area contributed by atoms with Crippen molar-refractivity contribution in [1.82, 2.24) is 10.6 Å². The van der Waals surface area contributed by atoms with E-state index in [1.807, 2.05) is 13.0 Å².